The van der Waals surface area contributed by atoms with Crippen LogP contribution in [0.3, 0.4) is 0 Å². The lowest BCUT2D eigenvalue weighted by Gasteiger charge is -2.23. The van der Waals surface area contributed by atoms with Gasteiger partial charge in [-0.3, -0.25) is 4.79 Å². The highest BCUT2D eigenvalue weighted by atomic mass is 19.4. The Bertz CT molecular complexity index is 1020. The van der Waals surface area contributed by atoms with Crippen LogP contribution in [-0.2, 0) is 12.6 Å². The van der Waals surface area contributed by atoms with Gasteiger partial charge in [-0.2, -0.15) is 18.3 Å². The Labute approximate surface area is 165 Å². The fourth-order valence-electron chi connectivity index (χ4n) is 3.27. The van der Waals surface area contributed by atoms with Crippen LogP contribution in [0.4, 0.5) is 13.2 Å². The number of aromatic nitrogens is 3. The summed E-state index contributed by atoms with van der Waals surface area (Å²) in [5.74, 6) is 0.431. The Morgan fingerprint density at radius 3 is 2.76 bits per heavy atom. The number of carbonyl (C=O) groups excluding carboxylic acids is 1. The van der Waals surface area contributed by atoms with E-state index in [4.69, 9.17) is 4.42 Å². The van der Waals surface area contributed by atoms with Crippen LogP contribution in [0.1, 0.15) is 59.7 Å². The van der Waals surface area contributed by atoms with Crippen molar-refractivity contribution in [1.82, 2.24) is 19.5 Å². The molecule has 4 rings (SSSR count). The van der Waals surface area contributed by atoms with Gasteiger partial charge in [-0.1, -0.05) is 0 Å². The molecule has 0 aromatic carbocycles. The summed E-state index contributed by atoms with van der Waals surface area (Å²) >= 11 is 0. The summed E-state index contributed by atoms with van der Waals surface area (Å²) in [6.45, 7) is 1.88. The number of rotatable bonds is 6. The van der Waals surface area contributed by atoms with Crippen LogP contribution in [0, 0.1) is 0 Å². The highest BCUT2D eigenvalue weighted by Gasteiger charge is 2.37. The molecule has 29 heavy (non-hydrogen) atoms. The number of fused-ring (bicyclic) bond motifs is 1. The molecule has 0 bridgehead atoms. The molecule has 0 saturated heterocycles. The zero-order chi connectivity index (χ0) is 20.8. The summed E-state index contributed by atoms with van der Waals surface area (Å²) in [4.78, 5) is 18.6. The topological polar surface area (TPSA) is 63.6 Å². The summed E-state index contributed by atoms with van der Waals surface area (Å²) in [6, 6.07) is 5.89. The van der Waals surface area contributed by atoms with Gasteiger partial charge in [0.05, 0.1) is 6.26 Å². The van der Waals surface area contributed by atoms with Gasteiger partial charge in [0, 0.05) is 37.2 Å². The average molecular weight is 406 g/mol. The molecule has 0 spiro atoms. The van der Waals surface area contributed by atoms with Crippen LogP contribution in [0.5, 0.6) is 0 Å². The largest absolute Gasteiger partial charge is 0.469 e. The van der Waals surface area contributed by atoms with Gasteiger partial charge in [0.25, 0.3) is 5.91 Å². The standard InChI is InChI=1S/C20H21F3N4O2/c1-12(5-8-14-4-3-9-29-14)26(2)19(28)16-11-18-24-15(13-6-7-13)10-17(20(21,22)23)27(18)25-16/h3-4,9-13H,5-8H2,1-2H3. The number of furan rings is 1. The predicted molar refractivity (Wildman–Crippen MR) is 98.5 cm³/mol. The molecular weight excluding hydrogens is 385 g/mol. The maximum atomic E-state index is 13.5. The number of carbonyl (C=O) groups is 1. The molecule has 154 valence electrons. The van der Waals surface area contributed by atoms with E-state index in [1.165, 1.54) is 11.0 Å². The van der Waals surface area contributed by atoms with Crippen LogP contribution >= 0.6 is 0 Å². The first-order chi connectivity index (χ1) is 13.7. The molecule has 3 heterocycles. The van der Waals surface area contributed by atoms with E-state index in [0.717, 1.165) is 29.2 Å². The lowest BCUT2D eigenvalue weighted by Crippen LogP contribution is -2.35. The van der Waals surface area contributed by atoms with Gasteiger partial charge < -0.3 is 9.32 Å². The molecule has 0 radical (unpaired) electrons. The van der Waals surface area contributed by atoms with Crippen LogP contribution in [0.15, 0.2) is 34.9 Å². The van der Waals surface area contributed by atoms with Crippen molar-refractivity contribution in [2.45, 2.75) is 50.7 Å². The van der Waals surface area contributed by atoms with Gasteiger partial charge in [-0.15, -0.1) is 0 Å². The Morgan fingerprint density at radius 2 is 2.14 bits per heavy atom. The molecule has 1 fully saturated rings. The van der Waals surface area contributed by atoms with Gasteiger partial charge in [0.2, 0.25) is 0 Å². The summed E-state index contributed by atoms with van der Waals surface area (Å²) in [6.07, 6.45) is -0.0266. The molecule has 3 aromatic heterocycles. The lowest BCUT2D eigenvalue weighted by atomic mass is 10.1. The minimum atomic E-state index is -4.58. The summed E-state index contributed by atoms with van der Waals surface area (Å²) < 4.78 is 46.6. The average Bonchev–Trinajstić information content (AvgIpc) is 3.23. The van der Waals surface area contributed by atoms with Crippen molar-refractivity contribution in [2.75, 3.05) is 7.05 Å². The number of alkyl halides is 3. The van der Waals surface area contributed by atoms with Gasteiger partial charge in [-0.25, -0.2) is 9.50 Å². The smallest absolute Gasteiger partial charge is 0.433 e. The van der Waals surface area contributed by atoms with Gasteiger partial charge in [-0.05, 0) is 44.4 Å². The second-order valence-electron chi connectivity index (χ2n) is 7.52. The van der Waals surface area contributed by atoms with E-state index in [1.54, 1.807) is 19.4 Å². The van der Waals surface area contributed by atoms with E-state index in [0.29, 0.717) is 18.5 Å². The SMILES string of the molecule is CC(CCc1ccco1)N(C)C(=O)c1cc2nc(C3CC3)cc(C(F)(F)F)n2n1. The molecule has 6 nitrogen and oxygen atoms in total. The van der Waals surface area contributed by atoms with Crippen molar-refractivity contribution in [3.63, 3.8) is 0 Å². The fourth-order valence-corrected chi connectivity index (χ4v) is 3.27. The molecule has 1 unspecified atom stereocenters. The van der Waals surface area contributed by atoms with Gasteiger partial charge in [0.15, 0.2) is 11.3 Å². The molecule has 1 amide bonds. The number of nitrogens with zero attached hydrogens (tertiary/aromatic N) is 4. The van der Waals surface area contributed by atoms with E-state index in [-0.39, 0.29) is 23.3 Å². The summed E-state index contributed by atoms with van der Waals surface area (Å²) in [5.41, 5.74) is -0.508. The Kier molecular flexibility index (Phi) is 4.84. The first-order valence-corrected chi connectivity index (χ1v) is 9.51. The number of hydrogen-bond acceptors (Lipinski definition) is 4. The zero-order valence-corrected chi connectivity index (χ0v) is 16.1. The van der Waals surface area contributed by atoms with E-state index >= 15 is 0 Å². The molecular formula is C20H21F3N4O2. The van der Waals surface area contributed by atoms with E-state index in [9.17, 15) is 18.0 Å². The lowest BCUT2D eigenvalue weighted by molar-refractivity contribution is -0.142. The van der Waals surface area contributed by atoms with Crippen LogP contribution < -0.4 is 0 Å². The highest BCUT2D eigenvalue weighted by molar-refractivity contribution is 5.93. The van der Waals surface area contributed by atoms with Crippen LogP contribution in [0.25, 0.3) is 5.65 Å². The van der Waals surface area contributed by atoms with Crippen molar-refractivity contribution in [3.8, 4) is 0 Å². The quantitative estimate of drug-likeness (QED) is 0.612. The maximum absolute atomic E-state index is 13.5. The normalized spacial score (nSPS) is 15.6. The number of amides is 1. The third-order valence-corrected chi connectivity index (χ3v) is 5.32. The Balaban J connectivity index is 1.58. The van der Waals surface area contributed by atoms with Crippen molar-refractivity contribution < 1.29 is 22.4 Å². The van der Waals surface area contributed by atoms with E-state index < -0.39 is 17.8 Å². The molecule has 1 atom stereocenters. The minimum Gasteiger partial charge on any atom is -0.469 e. The first kappa shape index (κ1) is 19.5. The second kappa shape index (κ2) is 7.20. The van der Waals surface area contributed by atoms with E-state index in [1.807, 2.05) is 13.0 Å². The molecule has 9 heteroatoms. The monoisotopic (exact) mass is 406 g/mol. The zero-order valence-electron chi connectivity index (χ0n) is 16.1. The van der Waals surface area contributed by atoms with Crippen molar-refractivity contribution in [2.24, 2.45) is 0 Å². The number of hydrogen-bond donors (Lipinski definition) is 0. The highest BCUT2D eigenvalue weighted by Crippen LogP contribution is 2.41. The van der Waals surface area contributed by atoms with E-state index in [2.05, 4.69) is 10.1 Å². The molecule has 0 N–H and O–H groups in total. The fraction of sp³-hybridized carbons (Fsp3) is 0.450. The second-order valence-corrected chi connectivity index (χ2v) is 7.52. The third-order valence-electron chi connectivity index (χ3n) is 5.32. The van der Waals surface area contributed by atoms with Gasteiger partial charge >= 0.3 is 6.18 Å². The van der Waals surface area contributed by atoms with Crippen molar-refractivity contribution in [3.05, 3.63) is 53.4 Å². The summed E-state index contributed by atoms with van der Waals surface area (Å²) in [7, 11) is 1.62. The molecule has 1 aliphatic rings. The Hall–Kier alpha value is -2.84. The first-order valence-electron chi connectivity index (χ1n) is 9.51. The van der Waals surface area contributed by atoms with Crippen LogP contribution in [-0.4, -0.2) is 38.5 Å². The molecule has 3 aromatic rings. The number of aryl methyl sites for hydroxylation is 1. The maximum Gasteiger partial charge on any atom is 0.433 e. The van der Waals surface area contributed by atoms with Crippen molar-refractivity contribution >= 4 is 11.6 Å². The minimum absolute atomic E-state index is 0.0433. The molecule has 0 aliphatic heterocycles. The summed E-state index contributed by atoms with van der Waals surface area (Å²) in [5, 5.41) is 3.94. The Morgan fingerprint density at radius 1 is 1.38 bits per heavy atom. The molecule has 1 saturated carbocycles. The predicted octanol–water partition coefficient (Wildman–Crippen LogP) is 4.31. The van der Waals surface area contributed by atoms with Crippen molar-refractivity contribution in [1.29, 1.82) is 0 Å². The third kappa shape index (κ3) is 3.99. The molecule has 1 aliphatic carbocycles. The van der Waals surface area contributed by atoms with Crippen LogP contribution in [0.2, 0.25) is 0 Å². The number of halogens is 3. The van der Waals surface area contributed by atoms with Gasteiger partial charge in [0.1, 0.15) is 11.5 Å².